The number of carbonyl (C=O) groups is 1. The first-order valence-electron chi connectivity index (χ1n) is 5.24. The number of likely N-dealkylation sites (tertiary alicyclic amines) is 2. The Morgan fingerprint density at radius 1 is 1.21 bits per heavy atom. The molecule has 2 heterocycles. The molecule has 2 amide bonds. The summed E-state index contributed by atoms with van der Waals surface area (Å²) in [6, 6.07) is 0.192. The second-order valence-electron chi connectivity index (χ2n) is 4.49. The van der Waals surface area contributed by atoms with Crippen LogP contribution in [0, 0.1) is 0 Å². The molecular weight excluding hydrogens is 180 g/mol. The Bertz CT molecular complexity index is 230. The van der Waals surface area contributed by atoms with Crippen LogP contribution in [-0.2, 0) is 4.74 Å². The first-order chi connectivity index (χ1) is 6.64. The van der Waals surface area contributed by atoms with Crippen LogP contribution < -0.4 is 0 Å². The molecule has 0 aliphatic carbocycles. The van der Waals surface area contributed by atoms with Crippen molar-refractivity contribution in [2.24, 2.45) is 0 Å². The van der Waals surface area contributed by atoms with Gasteiger partial charge in [-0.3, -0.25) is 0 Å². The molecule has 80 valence electrons. The van der Waals surface area contributed by atoms with E-state index in [0.29, 0.717) is 0 Å². The maximum absolute atomic E-state index is 11.8. The zero-order valence-corrected chi connectivity index (χ0v) is 8.95. The minimum atomic E-state index is -0.102. The van der Waals surface area contributed by atoms with Gasteiger partial charge in [0.15, 0.2) is 0 Å². The third kappa shape index (κ3) is 1.59. The number of carbonyl (C=O) groups excluding carboxylic acids is 1. The molecule has 0 N–H and O–H groups in total. The predicted molar refractivity (Wildman–Crippen MR) is 53.2 cm³/mol. The molecule has 2 fully saturated rings. The molecule has 0 spiro atoms. The lowest BCUT2D eigenvalue weighted by atomic mass is 9.97. The van der Waals surface area contributed by atoms with Crippen molar-refractivity contribution in [3.63, 3.8) is 0 Å². The van der Waals surface area contributed by atoms with Crippen LogP contribution in [0.2, 0.25) is 0 Å². The number of hydrogen-bond acceptors (Lipinski definition) is 2. The fraction of sp³-hybridized carbons (Fsp3) is 0.900. The van der Waals surface area contributed by atoms with Gasteiger partial charge in [0.25, 0.3) is 0 Å². The normalized spacial score (nSPS) is 25.0. The van der Waals surface area contributed by atoms with Crippen molar-refractivity contribution in [1.29, 1.82) is 0 Å². The average Bonchev–Trinajstić information content (AvgIpc) is 2.64. The van der Waals surface area contributed by atoms with Crippen LogP contribution in [0.15, 0.2) is 0 Å². The first-order valence-corrected chi connectivity index (χ1v) is 5.24. The molecule has 0 saturated carbocycles. The highest BCUT2D eigenvalue weighted by Gasteiger charge is 2.43. The Labute approximate surface area is 84.8 Å². The number of ether oxygens (including phenoxy) is 1. The minimum Gasteiger partial charge on any atom is -0.375 e. The van der Waals surface area contributed by atoms with Crippen molar-refractivity contribution in [2.45, 2.75) is 25.4 Å². The Balaban J connectivity index is 1.84. The topological polar surface area (TPSA) is 32.8 Å². The van der Waals surface area contributed by atoms with E-state index in [9.17, 15) is 4.79 Å². The van der Waals surface area contributed by atoms with Gasteiger partial charge >= 0.3 is 6.03 Å². The molecule has 0 bridgehead atoms. The maximum Gasteiger partial charge on any atom is 0.320 e. The lowest BCUT2D eigenvalue weighted by Crippen LogP contribution is -2.64. The summed E-state index contributed by atoms with van der Waals surface area (Å²) in [5, 5.41) is 0. The molecule has 14 heavy (non-hydrogen) atoms. The van der Waals surface area contributed by atoms with Gasteiger partial charge in [-0.05, 0) is 19.8 Å². The summed E-state index contributed by atoms with van der Waals surface area (Å²) in [6.45, 7) is 5.37. The molecule has 2 rings (SSSR count). The summed E-state index contributed by atoms with van der Waals surface area (Å²) >= 11 is 0. The van der Waals surface area contributed by atoms with Crippen LogP contribution in [0.25, 0.3) is 0 Å². The second-order valence-corrected chi connectivity index (χ2v) is 4.49. The number of nitrogens with zero attached hydrogens (tertiary/aromatic N) is 2. The van der Waals surface area contributed by atoms with Crippen molar-refractivity contribution in [3.05, 3.63) is 0 Å². The Hall–Kier alpha value is -0.770. The number of rotatable bonds is 1. The van der Waals surface area contributed by atoms with Crippen molar-refractivity contribution >= 4 is 6.03 Å². The van der Waals surface area contributed by atoms with Crippen molar-refractivity contribution in [1.82, 2.24) is 9.80 Å². The smallest absolute Gasteiger partial charge is 0.320 e. The lowest BCUT2D eigenvalue weighted by Gasteiger charge is -2.47. The Kier molecular flexibility index (Phi) is 2.39. The highest BCUT2D eigenvalue weighted by atomic mass is 16.5. The van der Waals surface area contributed by atoms with Gasteiger partial charge in [-0.15, -0.1) is 0 Å². The van der Waals surface area contributed by atoms with Crippen molar-refractivity contribution in [3.8, 4) is 0 Å². The van der Waals surface area contributed by atoms with E-state index in [0.717, 1.165) is 39.0 Å². The van der Waals surface area contributed by atoms with Crippen LogP contribution >= 0.6 is 0 Å². The van der Waals surface area contributed by atoms with E-state index in [4.69, 9.17) is 4.74 Å². The second kappa shape index (κ2) is 3.42. The van der Waals surface area contributed by atoms with Crippen molar-refractivity contribution < 1.29 is 9.53 Å². The Morgan fingerprint density at radius 2 is 1.79 bits per heavy atom. The lowest BCUT2D eigenvalue weighted by molar-refractivity contribution is -0.0947. The molecule has 0 aromatic heterocycles. The summed E-state index contributed by atoms with van der Waals surface area (Å²) in [5.41, 5.74) is -0.102. The fourth-order valence-electron chi connectivity index (χ4n) is 2.13. The molecule has 0 aromatic rings. The molecule has 2 saturated heterocycles. The number of urea groups is 1. The maximum atomic E-state index is 11.8. The summed E-state index contributed by atoms with van der Waals surface area (Å²) in [7, 11) is 1.71. The molecule has 4 heteroatoms. The van der Waals surface area contributed by atoms with Crippen LogP contribution in [0.1, 0.15) is 19.8 Å². The van der Waals surface area contributed by atoms with E-state index in [1.165, 1.54) is 0 Å². The summed E-state index contributed by atoms with van der Waals surface area (Å²) in [6.07, 6.45) is 2.31. The molecule has 2 aliphatic heterocycles. The molecule has 0 radical (unpaired) electrons. The van der Waals surface area contributed by atoms with Crippen LogP contribution in [0.3, 0.4) is 0 Å². The molecule has 0 aromatic carbocycles. The third-order valence-electron chi connectivity index (χ3n) is 3.19. The average molecular weight is 198 g/mol. The number of amides is 2. The highest BCUT2D eigenvalue weighted by molar-refractivity contribution is 5.76. The summed E-state index contributed by atoms with van der Waals surface area (Å²) < 4.78 is 5.30. The first kappa shape index (κ1) is 9.77. The van der Waals surface area contributed by atoms with Gasteiger partial charge in [0.05, 0.1) is 13.1 Å². The van der Waals surface area contributed by atoms with Crippen LogP contribution in [-0.4, -0.2) is 54.7 Å². The van der Waals surface area contributed by atoms with Gasteiger partial charge in [0.1, 0.15) is 5.60 Å². The van der Waals surface area contributed by atoms with E-state index in [1.807, 2.05) is 16.7 Å². The predicted octanol–water partition coefficient (Wildman–Crippen LogP) is 0.923. The van der Waals surface area contributed by atoms with E-state index >= 15 is 0 Å². The highest BCUT2D eigenvalue weighted by Crippen LogP contribution is 2.25. The van der Waals surface area contributed by atoms with Crippen LogP contribution in [0.5, 0.6) is 0 Å². The summed E-state index contributed by atoms with van der Waals surface area (Å²) in [4.78, 5) is 15.6. The third-order valence-corrected chi connectivity index (χ3v) is 3.19. The van der Waals surface area contributed by atoms with Gasteiger partial charge < -0.3 is 14.5 Å². The SMILES string of the molecule is COC1(C)CN(C(=O)N2CCCC2)C1. The molecule has 2 aliphatic rings. The Morgan fingerprint density at radius 3 is 2.29 bits per heavy atom. The van der Waals surface area contributed by atoms with Gasteiger partial charge in [-0.1, -0.05) is 0 Å². The molecule has 0 atom stereocenters. The largest absolute Gasteiger partial charge is 0.375 e. The van der Waals surface area contributed by atoms with Crippen LogP contribution in [0.4, 0.5) is 4.79 Å². The monoisotopic (exact) mass is 198 g/mol. The van der Waals surface area contributed by atoms with E-state index in [1.54, 1.807) is 7.11 Å². The number of methoxy groups -OCH3 is 1. The standard InChI is InChI=1S/C10H18N2O2/c1-10(14-2)7-12(8-10)9(13)11-5-3-4-6-11/h3-8H2,1-2H3. The van der Waals surface area contributed by atoms with Gasteiger partial charge in [-0.2, -0.15) is 0 Å². The zero-order valence-electron chi connectivity index (χ0n) is 8.95. The number of hydrogen-bond donors (Lipinski definition) is 0. The molecule has 4 nitrogen and oxygen atoms in total. The van der Waals surface area contributed by atoms with E-state index < -0.39 is 0 Å². The molecule has 0 unspecified atom stereocenters. The van der Waals surface area contributed by atoms with E-state index in [2.05, 4.69) is 0 Å². The minimum absolute atomic E-state index is 0.102. The van der Waals surface area contributed by atoms with E-state index in [-0.39, 0.29) is 11.6 Å². The quantitative estimate of drug-likeness (QED) is 0.627. The summed E-state index contributed by atoms with van der Waals surface area (Å²) in [5.74, 6) is 0. The zero-order chi connectivity index (χ0) is 10.2. The van der Waals surface area contributed by atoms with Gasteiger partial charge in [0, 0.05) is 20.2 Å². The van der Waals surface area contributed by atoms with Crippen molar-refractivity contribution in [2.75, 3.05) is 33.3 Å². The molecular formula is C10H18N2O2. The van der Waals surface area contributed by atoms with Gasteiger partial charge in [0.2, 0.25) is 0 Å². The fourth-order valence-corrected chi connectivity index (χ4v) is 2.13. The van der Waals surface area contributed by atoms with Gasteiger partial charge in [-0.25, -0.2) is 4.79 Å².